The van der Waals surface area contributed by atoms with Crippen LogP contribution < -0.4 is 10.6 Å². The molecule has 0 amide bonds. The van der Waals surface area contributed by atoms with Crippen LogP contribution in [0.3, 0.4) is 0 Å². The highest BCUT2D eigenvalue weighted by Crippen LogP contribution is 2.14. The Morgan fingerprint density at radius 3 is 2.83 bits per heavy atom. The van der Waals surface area contributed by atoms with E-state index in [0.29, 0.717) is 18.8 Å². The molecule has 1 saturated heterocycles. The van der Waals surface area contributed by atoms with Gasteiger partial charge in [-0.2, -0.15) is 0 Å². The summed E-state index contributed by atoms with van der Waals surface area (Å²) in [4.78, 5) is 4.41. The first-order chi connectivity index (χ1) is 10.8. The molecule has 0 aliphatic carbocycles. The maximum Gasteiger partial charge on any atom is 0.191 e. The summed E-state index contributed by atoms with van der Waals surface area (Å²) in [5, 5.41) is 6.65. The Labute approximate surface area is 155 Å². The Morgan fingerprint density at radius 2 is 2.09 bits per heavy atom. The number of nitrogens with zero attached hydrogens (tertiary/aromatic N) is 1. The third-order valence-electron chi connectivity index (χ3n) is 4.01. The molecule has 1 aromatic rings. The van der Waals surface area contributed by atoms with Gasteiger partial charge in [0.1, 0.15) is 0 Å². The molecule has 3 rings (SSSR count). The zero-order valence-electron chi connectivity index (χ0n) is 13.6. The van der Waals surface area contributed by atoms with Gasteiger partial charge in [0, 0.05) is 25.8 Å². The summed E-state index contributed by atoms with van der Waals surface area (Å²) in [6.07, 6.45) is 2.35. The van der Waals surface area contributed by atoms with E-state index in [1.165, 1.54) is 11.1 Å². The van der Waals surface area contributed by atoms with Gasteiger partial charge in [-0.05, 0) is 30.9 Å². The van der Waals surface area contributed by atoms with E-state index < -0.39 is 0 Å². The standard InChI is InChI=1S/C17H25N3O2.HI/c1-13-10-18-17(20-13)19-11-14-3-2-4-15(9-14)12-22-16-5-7-21-8-6-16;/h2-4,9,13,16H,5-8,10-12H2,1H3,(H2,18,19,20);1H. The molecule has 6 heteroatoms. The molecule has 2 aliphatic rings. The van der Waals surface area contributed by atoms with Crippen molar-refractivity contribution >= 4 is 29.9 Å². The smallest absolute Gasteiger partial charge is 0.191 e. The summed E-state index contributed by atoms with van der Waals surface area (Å²) in [7, 11) is 0. The molecular formula is C17H26IN3O2. The molecule has 0 bridgehead atoms. The fraction of sp³-hybridized carbons (Fsp3) is 0.588. The quantitative estimate of drug-likeness (QED) is 0.704. The lowest BCUT2D eigenvalue weighted by Gasteiger charge is -2.22. The van der Waals surface area contributed by atoms with Crippen LogP contribution in [0.4, 0.5) is 0 Å². The second-order valence-corrected chi connectivity index (χ2v) is 6.03. The number of ether oxygens (including phenoxy) is 2. The second-order valence-electron chi connectivity index (χ2n) is 6.03. The lowest BCUT2D eigenvalue weighted by atomic mass is 10.1. The normalized spacial score (nSPS) is 21.3. The molecule has 128 valence electrons. The van der Waals surface area contributed by atoms with Gasteiger partial charge in [-0.15, -0.1) is 24.0 Å². The summed E-state index contributed by atoms with van der Waals surface area (Å²) in [5.74, 6) is 0.899. The number of benzene rings is 1. The van der Waals surface area contributed by atoms with Crippen LogP contribution in [0.1, 0.15) is 30.9 Å². The number of hydrogen-bond acceptors (Lipinski definition) is 5. The number of nitrogens with one attached hydrogen (secondary N) is 2. The zero-order valence-corrected chi connectivity index (χ0v) is 15.9. The minimum absolute atomic E-state index is 0. The number of aliphatic imine (C=N–C) groups is 1. The van der Waals surface area contributed by atoms with Crippen LogP contribution in [0.25, 0.3) is 0 Å². The van der Waals surface area contributed by atoms with Crippen LogP contribution in [0.5, 0.6) is 0 Å². The van der Waals surface area contributed by atoms with Crippen LogP contribution in [0, 0.1) is 0 Å². The summed E-state index contributed by atoms with van der Waals surface area (Å²) >= 11 is 0. The van der Waals surface area contributed by atoms with Crippen molar-refractivity contribution in [2.75, 3.05) is 19.8 Å². The first-order valence-corrected chi connectivity index (χ1v) is 8.11. The van der Waals surface area contributed by atoms with Gasteiger partial charge >= 0.3 is 0 Å². The lowest BCUT2D eigenvalue weighted by molar-refractivity contribution is -0.0390. The molecule has 0 spiro atoms. The van der Waals surface area contributed by atoms with Crippen LogP contribution in [-0.2, 0) is 22.6 Å². The predicted molar refractivity (Wildman–Crippen MR) is 102 cm³/mol. The van der Waals surface area contributed by atoms with Crippen molar-refractivity contribution in [1.82, 2.24) is 10.6 Å². The van der Waals surface area contributed by atoms with E-state index in [4.69, 9.17) is 9.47 Å². The van der Waals surface area contributed by atoms with E-state index in [0.717, 1.165) is 45.1 Å². The molecule has 1 fully saturated rings. The van der Waals surface area contributed by atoms with E-state index in [-0.39, 0.29) is 24.0 Å². The van der Waals surface area contributed by atoms with E-state index in [2.05, 4.69) is 46.8 Å². The molecule has 2 heterocycles. The molecule has 2 N–H and O–H groups in total. The van der Waals surface area contributed by atoms with Gasteiger partial charge in [0.05, 0.1) is 19.3 Å². The number of hydrogen-bond donors (Lipinski definition) is 2. The topological polar surface area (TPSA) is 54.9 Å². The average molecular weight is 431 g/mol. The van der Waals surface area contributed by atoms with E-state index >= 15 is 0 Å². The van der Waals surface area contributed by atoms with Gasteiger partial charge in [0.25, 0.3) is 0 Å². The van der Waals surface area contributed by atoms with E-state index in [1.807, 2.05) is 0 Å². The van der Waals surface area contributed by atoms with Crippen molar-refractivity contribution < 1.29 is 9.47 Å². The van der Waals surface area contributed by atoms with E-state index in [9.17, 15) is 0 Å². The zero-order chi connectivity index (χ0) is 15.2. The van der Waals surface area contributed by atoms with E-state index in [1.54, 1.807) is 0 Å². The molecule has 0 aromatic heterocycles. The van der Waals surface area contributed by atoms with Crippen LogP contribution >= 0.6 is 24.0 Å². The van der Waals surface area contributed by atoms with Crippen LogP contribution in [0.2, 0.25) is 0 Å². The molecule has 1 unspecified atom stereocenters. The lowest BCUT2D eigenvalue weighted by Crippen LogP contribution is -2.37. The van der Waals surface area contributed by atoms with Crippen LogP contribution in [0.15, 0.2) is 29.3 Å². The highest BCUT2D eigenvalue weighted by Gasteiger charge is 2.14. The molecule has 0 saturated carbocycles. The first kappa shape index (κ1) is 18.5. The SMILES string of the molecule is CC1CN=C(NCc2cccc(COC3CCOCC3)c2)N1.I. The Balaban J connectivity index is 0.00000192. The predicted octanol–water partition coefficient (Wildman–Crippen LogP) is 2.44. The maximum absolute atomic E-state index is 5.98. The van der Waals surface area contributed by atoms with Crippen molar-refractivity contribution in [1.29, 1.82) is 0 Å². The Morgan fingerprint density at radius 1 is 1.30 bits per heavy atom. The summed E-state index contributed by atoms with van der Waals surface area (Å²) in [5.41, 5.74) is 2.47. The summed E-state index contributed by atoms with van der Waals surface area (Å²) < 4.78 is 11.3. The van der Waals surface area contributed by atoms with Crippen molar-refractivity contribution in [3.05, 3.63) is 35.4 Å². The van der Waals surface area contributed by atoms with Crippen molar-refractivity contribution in [3.63, 3.8) is 0 Å². The number of halogens is 1. The minimum Gasteiger partial charge on any atom is -0.381 e. The molecule has 0 radical (unpaired) electrons. The second kappa shape index (κ2) is 9.44. The third-order valence-corrected chi connectivity index (χ3v) is 4.01. The Hall–Kier alpha value is -0.860. The van der Waals surface area contributed by atoms with Gasteiger partial charge in [-0.3, -0.25) is 4.99 Å². The fourth-order valence-electron chi connectivity index (χ4n) is 2.73. The fourth-order valence-corrected chi connectivity index (χ4v) is 2.73. The van der Waals surface area contributed by atoms with Gasteiger partial charge in [0.2, 0.25) is 0 Å². The van der Waals surface area contributed by atoms with Gasteiger partial charge in [-0.25, -0.2) is 0 Å². The van der Waals surface area contributed by atoms with Crippen LogP contribution in [-0.4, -0.2) is 37.9 Å². The molecule has 1 aromatic carbocycles. The van der Waals surface area contributed by atoms with Gasteiger partial charge in [0.15, 0.2) is 5.96 Å². The monoisotopic (exact) mass is 431 g/mol. The highest BCUT2D eigenvalue weighted by atomic mass is 127. The van der Waals surface area contributed by atoms with Crippen molar-refractivity contribution in [2.45, 2.75) is 45.1 Å². The number of guanidine groups is 1. The third kappa shape index (κ3) is 5.93. The van der Waals surface area contributed by atoms with Crippen molar-refractivity contribution in [3.8, 4) is 0 Å². The molecular weight excluding hydrogens is 405 g/mol. The molecule has 5 nitrogen and oxygen atoms in total. The molecule has 1 atom stereocenters. The largest absolute Gasteiger partial charge is 0.381 e. The minimum atomic E-state index is 0. The average Bonchev–Trinajstić information content (AvgIpc) is 2.98. The highest BCUT2D eigenvalue weighted by molar-refractivity contribution is 14.0. The van der Waals surface area contributed by atoms with Gasteiger partial charge < -0.3 is 20.1 Å². The van der Waals surface area contributed by atoms with Crippen molar-refractivity contribution in [2.24, 2.45) is 4.99 Å². The summed E-state index contributed by atoms with van der Waals surface area (Å²) in [6.45, 7) is 6.08. The molecule has 2 aliphatic heterocycles. The first-order valence-electron chi connectivity index (χ1n) is 8.11. The maximum atomic E-state index is 5.98. The Kier molecular flexibility index (Phi) is 7.58. The Bertz CT molecular complexity index is 518. The molecule has 23 heavy (non-hydrogen) atoms. The van der Waals surface area contributed by atoms with Gasteiger partial charge in [-0.1, -0.05) is 24.3 Å². The number of rotatable bonds is 5. The summed E-state index contributed by atoms with van der Waals surface area (Å²) in [6, 6.07) is 8.97.